The van der Waals surface area contributed by atoms with Gasteiger partial charge in [-0.1, -0.05) is 6.07 Å². The van der Waals surface area contributed by atoms with E-state index in [1.807, 2.05) is 0 Å². The maximum Gasteiger partial charge on any atom is 0.241 e. The van der Waals surface area contributed by atoms with Crippen LogP contribution in [-0.4, -0.2) is 50.6 Å². The number of rotatable bonds is 5. The number of halogens is 1. The fourth-order valence-corrected chi connectivity index (χ4v) is 3.82. The van der Waals surface area contributed by atoms with Crippen LogP contribution in [0, 0.1) is 11.7 Å². The van der Waals surface area contributed by atoms with Crippen molar-refractivity contribution in [2.75, 3.05) is 13.7 Å². The third kappa shape index (κ3) is 3.58. The van der Waals surface area contributed by atoms with Gasteiger partial charge in [-0.25, -0.2) is 17.5 Å². The molecule has 118 valence electrons. The molecule has 21 heavy (non-hydrogen) atoms. The normalized spacial score (nSPS) is 29.7. The van der Waals surface area contributed by atoms with Gasteiger partial charge < -0.3 is 14.9 Å². The van der Waals surface area contributed by atoms with Crippen LogP contribution in [-0.2, 0) is 14.8 Å². The smallest absolute Gasteiger partial charge is 0.241 e. The van der Waals surface area contributed by atoms with Crippen LogP contribution in [0.25, 0.3) is 0 Å². The molecule has 4 atom stereocenters. The van der Waals surface area contributed by atoms with Gasteiger partial charge in [-0.15, -0.1) is 0 Å². The quantitative estimate of drug-likeness (QED) is 0.702. The maximum atomic E-state index is 13.1. The highest BCUT2D eigenvalue weighted by atomic mass is 32.2. The van der Waals surface area contributed by atoms with Crippen molar-refractivity contribution >= 4 is 10.0 Å². The molecule has 0 aliphatic heterocycles. The van der Waals surface area contributed by atoms with E-state index in [-0.39, 0.29) is 23.8 Å². The Labute approximate surface area is 122 Å². The first kappa shape index (κ1) is 16.3. The molecule has 2 rings (SSSR count). The third-order valence-electron chi connectivity index (χ3n) is 3.60. The molecule has 0 amide bonds. The monoisotopic (exact) mass is 319 g/mol. The van der Waals surface area contributed by atoms with Gasteiger partial charge in [0, 0.05) is 13.0 Å². The molecule has 0 radical (unpaired) electrons. The first-order valence-corrected chi connectivity index (χ1v) is 7.96. The minimum Gasteiger partial charge on any atom is -0.390 e. The Balaban J connectivity index is 2.14. The average Bonchev–Trinajstić information content (AvgIpc) is 2.67. The van der Waals surface area contributed by atoms with Crippen LogP contribution in [0.15, 0.2) is 29.2 Å². The Hall–Kier alpha value is -1.06. The molecule has 0 heterocycles. The van der Waals surface area contributed by atoms with E-state index in [0.29, 0.717) is 0 Å². The summed E-state index contributed by atoms with van der Waals surface area (Å²) in [6.07, 6.45) is -2.05. The van der Waals surface area contributed by atoms with Crippen LogP contribution in [0.1, 0.15) is 6.42 Å². The van der Waals surface area contributed by atoms with Crippen molar-refractivity contribution in [2.24, 2.45) is 5.92 Å². The highest BCUT2D eigenvalue weighted by molar-refractivity contribution is 7.89. The summed E-state index contributed by atoms with van der Waals surface area (Å²) in [5, 5.41) is 19.8. The standard InChI is InChI=1S/C13H18FNO5S/c1-20-7-8-5-11(13(17)12(8)16)15-21(18,19)10-4-2-3-9(14)6-10/h2-4,6,8,11-13,15-17H,5,7H2,1H3. The first-order valence-electron chi connectivity index (χ1n) is 6.48. The van der Waals surface area contributed by atoms with Gasteiger partial charge >= 0.3 is 0 Å². The van der Waals surface area contributed by atoms with E-state index < -0.39 is 34.1 Å². The number of hydrogen-bond donors (Lipinski definition) is 3. The van der Waals surface area contributed by atoms with Crippen molar-refractivity contribution in [1.29, 1.82) is 0 Å². The minimum atomic E-state index is -3.96. The molecule has 1 aromatic rings. The first-order chi connectivity index (χ1) is 9.85. The van der Waals surface area contributed by atoms with Crippen LogP contribution in [0.2, 0.25) is 0 Å². The van der Waals surface area contributed by atoms with Crippen molar-refractivity contribution in [3.05, 3.63) is 30.1 Å². The van der Waals surface area contributed by atoms with Crippen LogP contribution in [0.3, 0.4) is 0 Å². The van der Waals surface area contributed by atoms with Crippen molar-refractivity contribution in [2.45, 2.75) is 29.6 Å². The lowest BCUT2D eigenvalue weighted by Crippen LogP contribution is -2.43. The maximum absolute atomic E-state index is 13.1. The second-order valence-electron chi connectivity index (χ2n) is 5.12. The largest absolute Gasteiger partial charge is 0.390 e. The summed E-state index contributed by atoms with van der Waals surface area (Å²) in [4.78, 5) is -0.223. The van der Waals surface area contributed by atoms with Gasteiger partial charge in [0.25, 0.3) is 0 Å². The molecule has 1 fully saturated rings. The molecule has 0 bridgehead atoms. The minimum absolute atomic E-state index is 0.219. The number of aliphatic hydroxyl groups is 2. The van der Waals surface area contributed by atoms with Crippen molar-refractivity contribution in [1.82, 2.24) is 4.72 Å². The number of methoxy groups -OCH3 is 1. The number of aliphatic hydroxyl groups excluding tert-OH is 2. The van der Waals surface area contributed by atoms with E-state index in [4.69, 9.17) is 4.74 Å². The van der Waals surface area contributed by atoms with Gasteiger partial charge in [-0.2, -0.15) is 0 Å². The van der Waals surface area contributed by atoms with Gasteiger partial charge in [-0.3, -0.25) is 0 Å². The van der Waals surface area contributed by atoms with Gasteiger partial charge in [0.15, 0.2) is 0 Å². The molecular weight excluding hydrogens is 301 g/mol. The molecule has 1 aliphatic rings. The number of benzene rings is 1. The summed E-state index contributed by atoms with van der Waals surface area (Å²) >= 11 is 0. The lowest BCUT2D eigenvalue weighted by molar-refractivity contribution is -0.00425. The second-order valence-corrected chi connectivity index (χ2v) is 6.83. The fraction of sp³-hybridized carbons (Fsp3) is 0.538. The molecule has 1 saturated carbocycles. The molecule has 3 N–H and O–H groups in total. The molecule has 1 aliphatic carbocycles. The Morgan fingerprint density at radius 3 is 2.71 bits per heavy atom. The zero-order chi connectivity index (χ0) is 15.6. The Morgan fingerprint density at radius 1 is 1.38 bits per heavy atom. The molecule has 0 aromatic heterocycles. The van der Waals surface area contributed by atoms with Crippen LogP contribution in [0.4, 0.5) is 4.39 Å². The van der Waals surface area contributed by atoms with Crippen LogP contribution < -0.4 is 4.72 Å². The van der Waals surface area contributed by atoms with E-state index in [1.165, 1.54) is 19.2 Å². The lowest BCUT2D eigenvalue weighted by Gasteiger charge is -2.18. The molecule has 8 heteroatoms. The Morgan fingerprint density at radius 2 is 2.10 bits per heavy atom. The van der Waals surface area contributed by atoms with Crippen LogP contribution in [0.5, 0.6) is 0 Å². The van der Waals surface area contributed by atoms with E-state index in [1.54, 1.807) is 0 Å². The summed E-state index contributed by atoms with van der Waals surface area (Å²) in [5.74, 6) is -1.02. The topological polar surface area (TPSA) is 95.9 Å². The average molecular weight is 319 g/mol. The van der Waals surface area contributed by atoms with E-state index in [0.717, 1.165) is 12.1 Å². The summed E-state index contributed by atoms with van der Waals surface area (Å²) < 4.78 is 44.7. The van der Waals surface area contributed by atoms with E-state index >= 15 is 0 Å². The molecule has 0 spiro atoms. The number of ether oxygens (including phenoxy) is 1. The molecular formula is C13H18FNO5S. The van der Waals surface area contributed by atoms with Gasteiger partial charge in [0.1, 0.15) is 5.82 Å². The van der Waals surface area contributed by atoms with Crippen LogP contribution >= 0.6 is 0 Å². The van der Waals surface area contributed by atoms with Gasteiger partial charge in [0.05, 0.1) is 29.8 Å². The fourth-order valence-electron chi connectivity index (χ4n) is 2.52. The zero-order valence-electron chi connectivity index (χ0n) is 11.4. The van der Waals surface area contributed by atoms with Crippen molar-refractivity contribution in [3.63, 3.8) is 0 Å². The van der Waals surface area contributed by atoms with Gasteiger partial charge in [0.2, 0.25) is 10.0 Å². The molecule has 6 nitrogen and oxygen atoms in total. The van der Waals surface area contributed by atoms with Gasteiger partial charge in [-0.05, 0) is 24.6 Å². The third-order valence-corrected chi connectivity index (χ3v) is 5.08. The molecule has 1 aromatic carbocycles. The van der Waals surface area contributed by atoms with Crippen molar-refractivity contribution in [3.8, 4) is 0 Å². The zero-order valence-corrected chi connectivity index (χ0v) is 12.3. The highest BCUT2D eigenvalue weighted by Gasteiger charge is 2.43. The molecule has 0 saturated heterocycles. The Bertz CT molecular complexity index is 594. The summed E-state index contributed by atoms with van der Waals surface area (Å²) in [6, 6.07) is 3.75. The summed E-state index contributed by atoms with van der Waals surface area (Å²) in [5.41, 5.74) is 0. The number of nitrogens with one attached hydrogen (secondary N) is 1. The lowest BCUT2D eigenvalue weighted by atomic mass is 10.1. The Kier molecular flexibility index (Phi) is 4.95. The predicted molar refractivity (Wildman–Crippen MR) is 72.5 cm³/mol. The van der Waals surface area contributed by atoms with Crippen molar-refractivity contribution < 1.29 is 27.8 Å². The molecule has 4 unspecified atom stereocenters. The number of sulfonamides is 1. The second kappa shape index (κ2) is 6.37. The van der Waals surface area contributed by atoms with E-state index in [9.17, 15) is 23.0 Å². The number of hydrogen-bond acceptors (Lipinski definition) is 5. The summed E-state index contributed by atoms with van der Waals surface area (Å²) in [6.45, 7) is 0.219. The van der Waals surface area contributed by atoms with E-state index in [2.05, 4.69) is 4.72 Å². The SMILES string of the molecule is COCC1CC(NS(=O)(=O)c2cccc(F)c2)C(O)C1O. The summed E-state index contributed by atoms with van der Waals surface area (Å²) in [7, 11) is -2.50. The highest BCUT2D eigenvalue weighted by Crippen LogP contribution is 2.28. The predicted octanol–water partition coefficient (Wildman–Crippen LogP) is -0.139.